The van der Waals surface area contributed by atoms with E-state index in [2.05, 4.69) is 0 Å². The highest BCUT2D eigenvalue weighted by Gasteiger charge is 2.25. The van der Waals surface area contributed by atoms with Crippen molar-refractivity contribution in [1.82, 2.24) is 9.21 Å². The molecule has 2 heterocycles. The Balaban J connectivity index is 2.09. The van der Waals surface area contributed by atoms with Crippen LogP contribution in [-0.4, -0.2) is 56.0 Å². The van der Waals surface area contributed by atoms with Gasteiger partial charge in [-0.25, -0.2) is 12.7 Å². The monoisotopic (exact) mass is 316 g/mol. The van der Waals surface area contributed by atoms with Gasteiger partial charge in [-0.05, 0) is 31.9 Å². The summed E-state index contributed by atoms with van der Waals surface area (Å²) in [4.78, 5) is 16.1. The molecule has 5 nitrogen and oxygen atoms in total. The molecular formula is C13H20N2O3S2. The van der Waals surface area contributed by atoms with Crippen LogP contribution in [-0.2, 0) is 10.0 Å². The second-order valence-electron chi connectivity index (χ2n) is 5.16. The average Bonchev–Trinajstić information content (AvgIpc) is 2.58. The molecule has 7 heteroatoms. The van der Waals surface area contributed by atoms with Crippen LogP contribution in [0.3, 0.4) is 0 Å². The minimum absolute atomic E-state index is 0.0153. The fourth-order valence-corrected chi connectivity index (χ4v) is 4.14. The van der Waals surface area contributed by atoms with E-state index in [0.717, 1.165) is 15.3 Å². The van der Waals surface area contributed by atoms with Gasteiger partial charge in [-0.3, -0.25) is 4.79 Å². The van der Waals surface area contributed by atoms with Gasteiger partial charge in [0, 0.05) is 31.1 Å². The number of thiophene rings is 1. The molecule has 0 atom stereocenters. The van der Waals surface area contributed by atoms with Crippen LogP contribution in [0.1, 0.15) is 26.5 Å². The zero-order valence-electron chi connectivity index (χ0n) is 12.0. The van der Waals surface area contributed by atoms with Gasteiger partial charge in [0.05, 0.1) is 11.1 Å². The standard InChI is InChI=1S/C13H20N2O3S2/c1-10-9-12(19-11(10)2)13(16)14-5-4-6-15(8-7-14)20(3,17)18/h9H,4-8H2,1-3H3. The Kier molecular flexibility index (Phi) is 4.51. The Morgan fingerprint density at radius 3 is 2.45 bits per heavy atom. The summed E-state index contributed by atoms with van der Waals surface area (Å²) in [6.45, 7) is 5.95. The molecule has 1 fully saturated rings. The molecule has 0 aromatic carbocycles. The quantitative estimate of drug-likeness (QED) is 0.830. The van der Waals surface area contributed by atoms with Gasteiger partial charge >= 0.3 is 0 Å². The molecule has 0 N–H and O–H groups in total. The van der Waals surface area contributed by atoms with Gasteiger partial charge in [0.2, 0.25) is 10.0 Å². The van der Waals surface area contributed by atoms with Gasteiger partial charge in [0.25, 0.3) is 5.91 Å². The van der Waals surface area contributed by atoms with Crippen molar-refractivity contribution in [2.75, 3.05) is 32.4 Å². The van der Waals surface area contributed by atoms with Crippen LogP contribution in [0, 0.1) is 13.8 Å². The van der Waals surface area contributed by atoms with Crippen LogP contribution in [0.15, 0.2) is 6.07 Å². The number of carbonyl (C=O) groups is 1. The molecule has 1 aromatic heterocycles. The molecule has 0 radical (unpaired) electrons. The van der Waals surface area contributed by atoms with E-state index in [1.54, 1.807) is 4.90 Å². The van der Waals surface area contributed by atoms with E-state index >= 15 is 0 Å². The van der Waals surface area contributed by atoms with Crippen LogP contribution in [0.4, 0.5) is 0 Å². The predicted molar refractivity (Wildman–Crippen MR) is 80.7 cm³/mol. The predicted octanol–water partition coefficient (Wildman–Crippen LogP) is 1.47. The number of nitrogens with zero attached hydrogens (tertiary/aromatic N) is 2. The Hall–Kier alpha value is -0.920. The largest absolute Gasteiger partial charge is 0.337 e. The van der Waals surface area contributed by atoms with Crippen LogP contribution < -0.4 is 0 Å². The van der Waals surface area contributed by atoms with Gasteiger partial charge in [-0.2, -0.15) is 0 Å². The fourth-order valence-electron chi connectivity index (χ4n) is 2.26. The third-order valence-corrected chi connectivity index (χ3v) is 6.03. The molecule has 0 unspecified atom stereocenters. The van der Waals surface area contributed by atoms with E-state index in [4.69, 9.17) is 0 Å². The smallest absolute Gasteiger partial charge is 0.263 e. The van der Waals surface area contributed by atoms with E-state index in [1.165, 1.54) is 21.9 Å². The lowest BCUT2D eigenvalue weighted by Gasteiger charge is -2.20. The molecule has 1 aliphatic rings. The summed E-state index contributed by atoms with van der Waals surface area (Å²) in [5.41, 5.74) is 1.13. The molecule has 2 rings (SSSR count). The van der Waals surface area contributed by atoms with E-state index in [1.807, 2.05) is 19.9 Å². The lowest BCUT2D eigenvalue weighted by atomic mass is 10.2. The number of hydrogen-bond acceptors (Lipinski definition) is 4. The summed E-state index contributed by atoms with van der Waals surface area (Å²) in [5.74, 6) is 0.0153. The molecule has 20 heavy (non-hydrogen) atoms. The summed E-state index contributed by atoms with van der Waals surface area (Å²) >= 11 is 1.51. The lowest BCUT2D eigenvalue weighted by Crippen LogP contribution is -2.36. The maximum atomic E-state index is 12.4. The van der Waals surface area contributed by atoms with E-state index in [0.29, 0.717) is 32.6 Å². The topological polar surface area (TPSA) is 57.7 Å². The summed E-state index contributed by atoms with van der Waals surface area (Å²) in [7, 11) is -3.17. The highest BCUT2D eigenvalue weighted by Crippen LogP contribution is 2.22. The number of sulfonamides is 1. The van der Waals surface area contributed by atoms with Crippen molar-refractivity contribution in [1.29, 1.82) is 0 Å². The number of hydrogen-bond donors (Lipinski definition) is 0. The Labute approximate surface area is 124 Å². The van der Waals surface area contributed by atoms with Crippen molar-refractivity contribution < 1.29 is 13.2 Å². The number of rotatable bonds is 2. The number of amides is 1. The molecule has 1 aliphatic heterocycles. The maximum absolute atomic E-state index is 12.4. The zero-order valence-corrected chi connectivity index (χ0v) is 13.7. The normalized spacial score (nSPS) is 18.1. The number of carbonyl (C=O) groups excluding carboxylic acids is 1. The summed E-state index contributed by atoms with van der Waals surface area (Å²) in [6, 6.07) is 1.92. The lowest BCUT2D eigenvalue weighted by molar-refractivity contribution is 0.0769. The maximum Gasteiger partial charge on any atom is 0.263 e. The number of aryl methyl sites for hydroxylation is 2. The minimum Gasteiger partial charge on any atom is -0.337 e. The highest BCUT2D eigenvalue weighted by atomic mass is 32.2. The fraction of sp³-hybridized carbons (Fsp3) is 0.615. The van der Waals surface area contributed by atoms with Crippen molar-refractivity contribution in [3.63, 3.8) is 0 Å². The Morgan fingerprint density at radius 1 is 1.20 bits per heavy atom. The Bertz CT molecular complexity index is 588. The van der Waals surface area contributed by atoms with Gasteiger partial charge in [0.1, 0.15) is 0 Å². The van der Waals surface area contributed by atoms with Gasteiger partial charge < -0.3 is 4.90 Å². The molecule has 1 amide bonds. The highest BCUT2D eigenvalue weighted by molar-refractivity contribution is 7.88. The first kappa shape index (κ1) is 15.5. The first-order valence-electron chi connectivity index (χ1n) is 6.60. The summed E-state index contributed by atoms with van der Waals surface area (Å²) in [6.07, 6.45) is 1.90. The zero-order chi connectivity index (χ0) is 14.9. The molecule has 0 bridgehead atoms. The molecule has 1 saturated heterocycles. The van der Waals surface area contributed by atoms with Crippen molar-refractivity contribution in [3.8, 4) is 0 Å². The van der Waals surface area contributed by atoms with E-state index < -0.39 is 10.0 Å². The second kappa shape index (κ2) is 5.83. The van der Waals surface area contributed by atoms with Crippen LogP contribution in [0.25, 0.3) is 0 Å². The second-order valence-corrected chi connectivity index (χ2v) is 8.40. The van der Waals surface area contributed by atoms with E-state index in [-0.39, 0.29) is 5.91 Å². The molecular weight excluding hydrogens is 296 g/mol. The van der Waals surface area contributed by atoms with Crippen molar-refractivity contribution >= 4 is 27.3 Å². The molecule has 112 valence electrons. The van der Waals surface area contributed by atoms with Crippen molar-refractivity contribution in [3.05, 3.63) is 21.4 Å². The first-order chi connectivity index (χ1) is 9.29. The molecule has 0 spiro atoms. The SMILES string of the molecule is Cc1cc(C(=O)N2CCCN(S(C)(=O)=O)CC2)sc1C. The average molecular weight is 316 g/mol. The summed E-state index contributed by atoms with van der Waals surface area (Å²) in [5, 5.41) is 0. The van der Waals surface area contributed by atoms with Gasteiger partial charge in [-0.15, -0.1) is 11.3 Å². The van der Waals surface area contributed by atoms with Crippen molar-refractivity contribution in [2.24, 2.45) is 0 Å². The summed E-state index contributed by atoms with van der Waals surface area (Å²) < 4.78 is 24.6. The third kappa shape index (κ3) is 3.39. The van der Waals surface area contributed by atoms with Crippen LogP contribution in [0.2, 0.25) is 0 Å². The molecule has 0 saturated carbocycles. The van der Waals surface area contributed by atoms with Crippen molar-refractivity contribution in [2.45, 2.75) is 20.3 Å². The van der Waals surface area contributed by atoms with Crippen LogP contribution >= 0.6 is 11.3 Å². The minimum atomic E-state index is -3.17. The Morgan fingerprint density at radius 2 is 1.90 bits per heavy atom. The first-order valence-corrected chi connectivity index (χ1v) is 9.27. The third-order valence-electron chi connectivity index (χ3n) is 3.59. The van der Waals surface area contributed by atoms with Gasteiger partial charge in [-0.1, -0.05) is 0 Å². The molecule has 1 aromatic rings. The van der Waals surface area contributed by atoms with Crippen LogP contribution in [0.5, 0.6) is 0 Å². The molecule has 0 aliphatic carbocycles. The van der Waals surface area contributed by atoms with Gasteiger partial charge in [0.15, 0.2) is 0 Å². The van der Waals surface area contributed by atoms with E-state index in [9.17, 15) is 13.2 Å².